The SMILES string of the molecule is NNc1c(F)cc(C(=O)NCCn2cccn2)cc1F. The Kier molecular flexibility index (Phi) is 4.26. The molecule has 1 aromatic heterocycles. The molecule has 0 spiro atoms. The Labute approximate surface area is 113 Å². The van der Waals surface area contributed by atoms with Gasteiger partial charge in [-0.2, -0.15) is 5.10 Å². The monoisotopic (exact) mass is 281 g/mol. The zero-order valence-corrected chi connectivity index (χ0v) is 10.4. The van der Waals surface area contributed by atoms with Gasteiger partial charge in [-0.25, -0.2) is 8.78 Å². The average Bonchev–Trinajstić information content (AvgIpc) is 2.91. The van der Waals surface area contributed by atoms with E-state index in [1.165, 1.54) is 0 Å². The van der Waals surface area contributed by atoms with Crippen molar-refractivity contribution in [2.45, 2.75) is 6.54 Å². The van der Waals surface area contributed by atoms with Gasteiger partial charge in [-0.1, -0.05) is 0 Å². The summed E-state index contributed by atoms with van der Waals surface area (Å²) in [5.41, 5.74) is 1.31. The van der Waals surface area contributed by atoms with Gasteiger partial charge in [-0.3, -0.25) is 15.3 Å². The molecule has 0 saturated carbocycles. The van der Waals surface area contributed by atoms with Crippen LogP contribution in [-0.4, -0.2) is 22.2 Å². The third-order valence-electron chi connectivity index (χ3n) is 2.63. The summed E-state index contributed by atoms with van der Waals surface area (Å²) in [6.45, 7) is 0.757. The number of hydrogen-bond donors (Lipinski definition) is 3. The van der Waals surface area contributed by atoms with Gasteiger partial charge < -0.3 is 10.7 Å². The van der Waals surface area contributed by atoms with Crippen LogP contribution in [0.1, 0.15) is 10.4 Å². The summed E-state index contributed by atoms with van der Waals surface area (Å²) in [5.74, 6) is 2.55. The Hall–Kier alpha value is -2.48. The number of carbonyl (C=O) groups is 1. The number of nitrogen functional groups attached to an aromatic ring is 1. The lowest BCUT2D eigenvalue weighted by Gasteiger charge is -2.08. The van der Waals surface area contributed by atoms with Crippen molar-refractivity contribution in [3.8, 4) is 0 Å². The molecule has 8 heteroatoms. The van der Waals surface area contributed by atoms with Gasteiger partial charge in [0.05, 0.1) is 6.54 Å². The predicted molar refractivity (Wildman–Crippen MR) is 68.7 cm³/mol. The van der Waals surface area contributed by atoms with Crippen molar-refractivity contribution in [1.29, 1.82) is 0 Å². The van der Waals surface area contributed by atoms with E-state index in [1.807, 2.05) is 5.43 Å². The first-order chi connectivity index (χ1) is 9.61. The molecule has 2 aromatic rings. The smallest absolute Gasteiger partial charge is 0.251 e. The molecule has 0 atom stereocenters. The van der Waals surface area contributed by atoms with Crippen molar-refractivity contribution in [1.82, 2.24) is 15.1 Å². The van der Waals surface area contributed by atoms with E-state index < -0.39 is 23.2 Å². The number of nitrogens with one attached hydrogen (secondary N) is 2. The quantitative estimate of drug-likeness (QED) is 0.561. The zero-order chi connectivity index (χ0) is 14.5. The molecule has 0 bridgehead atoms. The summed E-state index contributed by atoms with van der Waals surface area (Å²) in [7, 11) is 0. The molecule has 0 saturated heterocycles. The van der Waals surface area contributed by atoms with Crippen LogP contribution in [0, 0.1) is 11.6 Å². The number of nitrogens with two attached hydrogens (primary N) is 1. The lowest BCUT2D eigenvalue weighted by molar-refractivity contribution is 0.0951. The van der Waals surface area contributed by atoms with E-state index in [4.69, 9.17) is 5.84 Å². The molecule has 20 heavy (non-hydrogen) atoms. The Morgan fingerprint density at radius 3 is 2.60 bits per heavy atom. The first-order valence-corrected chi connectivity index (χ1v) is 5.83. The fourth-order valence-corrected chi connectivity index (χ4v) is 1.66. The van der Waals surface area contributed by atoms with E-state index in [0.717, 1.165) is 12.1 Å². The predicted octanol–water partition coefficient (Wildman–Crippen LogP) is 0.877. The van der Waals surface area contributed by atoms with Crippen LogP contribution in [0.3, 0.4) is 0 Å². The van der Waals surface area contributed by atoms with Crippen LogP contribution in [0.5, 0.6) is 0 Å². The maximum atomic E-state index is 13.4. The van der Waals surface area contributed by atoms with Crippen molar-refractivity contribution in [2.24, 2.45) is 5.84 Å². The van der Waals surface area contributed by atoms with Crippen molar-refractivity contribution in [3.63, 3.8) is 0 Å². The standard InChI is InChI=1S/C12H13F2N5O/c13-9-6-8(7-10(14)11(9)18-15)12(20)16-3-5-19-4-1-2-17-19/h1-2,4,6-7,18H,3,5,15H2,(H,16,20). The van der Waals surface area contributed by atoms with E-state index in [1.54, 1.807) is 23.1 Å². The van der Waals surface area contributed by atoms with Crippen LogP contribution >= 0.6 is 0 Å². The van der Waals surface area contributed by atoms with Crippen molar-refractivity contribution in [3.05, 3.63) is 47.8 Å². The fourth-order valence-electron chi connectivity index (χ4n) is 1.66. The van der Waals surface area contributed by atoms with Crippen LogP contribution < -0.4 is 16.6 Å². The molecular weight excluding hydrogens is 268 g/mol. The average molecular weight is 281 g/mol. The van der Waals surface area contributed by atoms with Crippen molar-refractivity contribution in [2.75, 3.05) is 12.0 Å². The molecule has 0 aliphatic heterocycles. The zero-order valence-electron chi connectivity index (χ0n) is 10.4. The normalized spacial score (nSPS) is 10.3. The molecule has 1 aromatic carbocycles. The third kappa shape index (κ3) is 3.09. The maximum absolute atomic E-state index is 13.4. The van der Waals surface area contributed by atoms with Gasteiger partial charge >= 0.3 is 0 Å². The fraction of sp³-hybridized carbons (Fsp3) is 0.167. The lowest BCUT2D eigenvalue weighted by atomic mass is 10.1. The highest BCUT2D eigenvalue weighted by Crippen LogP contribution is 2.19. The minimum absolute atomic E-state index is 0.112. The van der Waals surface area contributed by atoms with Gasteiger partial charge in [0.1, 0.15) is 5.69 Å². The molecule has 0 aliphatic carbocycles. The van der Waals surface area contributed by atoms with Crippen LogP contribution in [0.2, 0.25) is 0 Å². The number of benzene rings is 1. The number of halogens is 2. The second-order valence-corrected chi connectivity index (χ2v) is 3.98. The Morgan fingerprint density at radius 2 is 2.05 bits per heavy atom. The largest absolute Gasteiger partial charge is 0.350 e. The van der Waals surface area contributed by atoms with Crippen molar-refractivity contribution < 1.29 is 13.6 Å². The van der Waals surface area contributed by atoms with Crippen LogP contribution in [0.4, 0.5) is 14.5 Å². The van der Waals surface area contributed by atoms with Crippen LogP contribution in [0.15, 0.2) is 30.6 Å². The number of carbonyl (C=O) groups excluding carboxylic acids is 1. The molecule has 4 N–H and O–H groups in total. The third-order valence-corrected chi connectivity index (χ3v) is 2.63. The lowest BCUT2D eigenvalue weighted by Crippen LogP contribution is -2.27. The summed E-state index contributed by atoms with van der Waals surface area (Å²) in [4.78, 5) is 11.8. The van der Waals surface area contributed by atoms with Crippen molar-refractivity contribution >= 4 is 11.6 Å². The number of aromatic nitrogens is 2. The minimum atomic E-state index is -0.926. The number of nitrogens with zero attached hydrogens (tertiary/aromatic N) is 2. The highest BCUT2D eigenvalue weighted by Gasteiger charge is 2.14. The van der Waals surface area contributed by atoms with E-state index >= 15 is 0 Å². The maximum Gasteiger partial charge on any atom is 0.251 e. The van der Waals surface area contributed by atoms with Gasteiger partial charge in [0.15, 0.2) is 11.6 Å². The Balaban J connectivity index is 1.99. The van der Waals surface area contributed by atoms with Gasteiger partial charge in [0, 0.05) is 24.5 Å². The molecular formula is C12H13F2N5O. The highest BCUT2D eigenvalue weighted by atomic mass is 19.1. The van der Waals surface area contributed by atoms with Crippen LogP contribution in [0.25, 0.3) is 0 Å². The summed E-state index contributed by atoms with van der Waals surface area (Å²) in [5, 5.41) is 6.50. The molecule has 1 amide bonds. The molecule has 1 heterocycles. The molecule has 0 radical (unpaired) electrons. The topological polar surface area (TPSA) is 85.0 Å². The molecule has 6 nitrogen and oxygen atoms in total. The second-order valence-electron chi connectivity index (χ2n) is 3.98. The highest BCUT2D eigenvalue weighted by molar-refractivity contribution is 5.94. The van der Waals surface area contributed by atoms with E-state index in [0.29, 0.717) is 13.1 Å². The molecule has 0 fully saturated rings. The molecule has 0 unspecified atom stereocenters. The van der Waals surface area contributed by atoms with Gasteiger partial charge in [-0.15, -0.1) is 0 Å². The summed E-state index contributed by atoms with van der Waals surface area (Å²) < 4.78 is 28.5. The molecule has 0 aliphatic rings. The van der Waals surface area contributed by atoms with Gasteiger partial charge in [0.25, 0.3) is 5.91 Å². The van der Waals surface area contributed by atoms with E-state index in [2.05, 4.69) is 10.4 Å². The minimum Gasteiger partial charge on any atom is -0.350 e. The van der Waals surface area contributed by atoms with Crippen LogP contribution in [-0.2, 0) is 6.54 Å². The number of rotatable bonds is 5. The van der Waals surface area contributed by atoms with E-state index in [9.17, 15) is 13.6 Å². The van der Waals surface area contributed by atoms with E-state index in [-0.39, 0.29) is 5.56 Å². The summed E-state index contributed by atoms with van der Waals surface area (Å²) in [6, 6.07) is 3.59. The second kappa shape index (κ2) is 6.11. The first kappa shape index (κ1) is 13.9. The number of hydrazine groups is 1. The number of amides is 1. The van der Waals surface area contributed by atoms with Gasteiger partial charge in [0.2, 0.25) is 0 Å². The first-order valence-electron chi connectivity index (χ1n) is 5.83. The Bertz CT molecular complexity index is 577. The number of anilines is 1. The Morgan fingerprint density at radius 1 is 1.35 bits per heavy atom. The summed E-state index contributed by atoms with van der Waals surface area (Å²) in [6.07, 6.45) is 3.36. The molecule has 106 valence electrons. The molecule has 2 rings (SSSR count). The summed E-state index contributed by atoms with van der Waals surface area (Å²) >= 11 is 0. The van der Waals surface area contributed by atoms with Gasteiger partial charge in [-0.05, 0) is 18.2 Å². The number of hydrogen-bond acceptors (Lipinski definition) is 4.